The van der Waals surface area contributed by atoms with Crippen molar-refractivity contribution in [1.29, 1.82) is 0 Å². The molecule has 0 spiro atoms. The molecule has 2 heterocycles. The Kier molecular flexibility index (Phi) is 4.10. The summed E-state index contributed by atoms with van der Waals surface area (Å²) >= 11 is 0. The lowest BCUT2D eigenvalue weighted by molar-refractivity contribution is 0.0507. The zero-order chi connectivity index (χ0) is 15.8. The predicted molar refractivity (Wildman–Crippen MR) is 87.7 cm³/mol. The van der Waals surface area contributed by atoms with E-state index in [1.165, 1.54) is 44.2 Å². The first-order chi connectivity index (χ1) is 11.2. The fraction of sp³-hybridized carbons (Fsp3) is 0.632. The van der Waals surface area contributed by atoms with Crippen LogP contribution in [-0.4, -0.2) is 40.9 Å². The Morgan fingerprint density at radius 2 is 1.70 bits per heavy atom. The van der Waals surface area contributed by atoms with Crippen molar-refractivity contribution in [2.45, 2.75) is 63.6 Å². The maximum absolute atomic E-state index is 13.4. The van der Waals surface area contributed by atoms with Crippen molar-refractivity contribution in [3.63, 3.8) is 0 Å². The van der Waals surface area contributed by atoms with E-state index in [1.807, 2.05) is 4.90 Å². The monoisotopic (exact) mass is 316 g/mol. The third-order valence-electron chi connectivity index (χ3n) is 5.93. The van der Waals surface area contributed by atoms with Gasteiger partial charge in [0, 0.05) is 37.3 Å². The molecule has 1 saturated carbocycles. The molecule has 3 nitrogen and oxygen atoms in total. The minimum atomic E-state index is -0.245. The molecule has 4 rings (SSSR count). The number of nitrogens with zero attached hydrogens (tertiary/aromatic N) is 2. The Morgan fingerprint density at radius 1 is 0.957 bits per heavy atom. The van der Waals surface area contributed by atoms with Crippen LogP contribution in [0, 0.1) is 5.82 Å². The van der Waals surface area contributed by atoms with Gasteiger partial charge in [0.15, 0.2) is 0 Å². The number of carbonyl (C=O) groups excluding carboxylic acids is 1. The Morgan fingerprint density at radius 3 is 2.43 bits per heavy atom. The van der Waals surface area contributed by atoms with Crippen molar-refractivity contribution >= 4 is 5.91 Å². The van der Waals surface area contributed by atoms with E-state index in [1.54, 1.807) is 6.07 Å². The van der Waals surface area contributed by atoms with Gasteiger partial charge in [0.25, 0.3) is 5.91 Å². The van der Waals surface area contributed by atoms with Gasteiger partial charge in [0.2, 0.25) is 0 Å². The largest absolute Gasteiger partial charge is 0.331 e. The maximum Gasteiger partial charge on any atom is 0.254 e. The summed E-state index contributed by atoms with van der Waals surface area (Å²) in [5.74, 6) is -0.151. The zero-order valence-corrected chi connectivity index (χ0v) is 13.6. The lowest BCUT2D eigenvalue weighted by Gasteiger charge is -2.41. The fourth-order valence-corrected chi connectivity index (χ4v) is 4.62. The number of likely N-dealkylation sites (tertiary alicyclic amines) is 1. The Bertz CT molecular complexity index is 589. The van der Waals surface area contributed by atoms with Crippen molar-refractivity contribution < 1.29 is 9.18 Å². The Labute approximate surface area is 137 Å². The molecule has 1 aromatic carbocycles. The third kappa shape index (κ3) is 2.89. The van der Waals surface area contributed by atoms with E-state index in [-0.39, 0.29) is 11.7 Å². The molecule has 0 unspecified atom stereocenters. The molecular formula is C19H25FN2O. The van der Waals surface area contributed by atoms with Crippen molar-refractivity contribution in [2.24, 2.45) is 0 Å². The molecule has 0 N–H and O–H groups in total. The highest BCUT2D eigenvalue weighted by atomic mass is 19.1. The first-order valence-electron chi connectivity index (χ1n) is 9.06. The van der Waals surface area contributed by atoms with Gasteiger partial charge in [0.05, 0.1) is 0 Å². The average Bonchev–Trinajstić information content (AvgIpc) is 2.92. The molecule has 124 valence electrons. The average molecular weight is 316 g/mol. The molecule has 1 aliphatic carbocycles. The highest BCUT2D eigenvalue weighted by molar-refractivity contribution is 5.98. The van der Waals surface area contributed by atoms with Crippen LogP contribution in [0.3, 0.4) is 0 Å². The van der Waals surface area contributed by atoms with Gasteiger partial charge < -0.3 is 9.80 Å². The van der Waals surface area contributed by atoms with Crippen molar-refractivity contribution in [3.05, 3.63) is 35.1 Å². The molecule has 3 aliphatic rings. The molecule has 0 aromatic heterocycles. The summed E-state index contributed by atoms with van der Waals surface area (Å²) < 4.78 is 13.4. The molecule has 2 aliphatic heterocycles. The van der Waals surface area contributed by atoms with Gasteiger partial charge in [0.1, 0.15) is 5.82 Å². The molecule has 1 saturated heterocycles. The molecule has 4 heteroatoms. The van der Waals surface area contributed by atoms with Gasteiger partial charge in [-0.15, -0.1) is 0 Å². The summed E-state index contributed by atoms with van der Waals surface area (Å²) in [5.41, 5.74) is 1.55. The van der Waals surface area contributed by atoms with E-state index in [2.05, 4.69) is 4.90 Å². The van der Waals surface area contributed by atoms with Crippen LogP contribution in [0.1, 0.15) is 60.9 Å². The van der Waals surface area contributed by atoms with Gasteiger partial charge in [-0.05, 0) is 49.4 Å². The van der Waals surface area contributed by atoms with Crippen LogP contribution in [-0.2, 0) is 6.54 Å². The number of fused-ring (bicyclic) bond motifs is 1. The van der Waals surface area contributed by atoms with Crippen molar-refractivity contribution in [3.8, 4) is 0 Å². The summed E-state index contributed by atoms with van der Waals surface area (Å²) in [6.07, 6.45) is 8.93. The van der Waals surface area contributed by atoms with Crippen LogP contribution in [0.25, 0.3) is 0 Å². The minimum Gasteiger partial charge on any atom is -0.331 e. The quantitative estimate of drug-likeness (QED) is 0.832. The highest BCUT2D eigenvalue weighted by Gasteiger charge is 2.35. The van der Waals surface area contributed by atoms with Crippen LogP contribution in [0.5, 0.6) is 0 Å². The summed E-state index contributed by atoms with van der Waals surface area (Å²) in [6, 6.07) is 5.64. The highest BCUT2D eigenvalue weighted by Crippen LogP contribution is 2.31. The third-order valence-corrected chi connectivity index (χ3v) is 5.93. The minimum absolute atomic E-state index is 0.0936. The summed E-state index contributed by atoms with van der Waals surface area (Å²) in [5, 5.41) is 0. The number of carbonyl (C=O) groups is 1. The maximum atomic E-state index is 13.4. The Hall–Kier alpha value is -1.42. The number of halogens is 1. The molecule has 1 amide bonds. The lowest BCUT2D eigenvalue weighted by Crippen LogP contribution is -2.48. The van der Waals surface area contributed by atoms with Gasteiger partial charge >= 0.3 is 0 Å². The normalized spacial score (nSPS) is 24.2. The van der Waals surface area contributed by atoms with E-state index in [9.17, 15) is 9.18 Å². The molecule has 0 radical (unpaired) electrons. The van der Waals surface area contributed by atoms with Gasteiger partial charge in [-0.1, -0.05) is 19.3 Å². The molecular weight excluding hydrogens is 291 g/mol. The molecule has 0 atom stereocenters. The summed E-state index contributed by atoms with van der Waals surface area (Å²) in [7, 11) is 0. The first kappa shape index (κ1) is 15.1. The smallest absolute Gasteiger partial charge is 0.254 e. The number of piperidine rings is 1. The standard InChI is InChI=1S/C19H25FN2O/c20-15-6-7-18-14(12-15)13-22(19(18)23)17-8-10-21(11-9-17)16-4-2-1-3-5-16/h6-7,12,16-17H,1-5,8-11,13H2. The lowest BCUT2D eigenvalue weighted by atomic mass is 9.92. The zero-order valence-electron chi connectivity index (χ0n) is 13.6. The summed E-state index contributed by atoms with van der Waals surface area (Å²) in [4.78, 5) is 17.2. The van der Waals surface area contributed by atoms with Crippen LogP contribution >= 0.6 is 0 Å². The second-order valence-electron chi connectivity index (χ2n) is 7.29. The molecule has 23 heavy (non-hydrogen) atoms. The van der Waals surface area contributed by atoms with E-state index in [4.69, 9.17) is 0 Å². The van der Waals surface area contributed by atoms with Gasteiger partial charge in [-0.3, -0.25) is 4.79 Å². The van der Waals surface area contributed by atoms with Crippen LogP contribution in [0.2, 0.25) is 0 Å². The van der Waals surface area contributed by atoms with Crippen LogP contribution < -0.4 is 0 Å². The predicted octanol–water partition coefficient (Wildman–Crippen LogP) is 3.58. The number of benzene rings is 1. The molecule has 1 aromatic rings. The van der Waals surface area contributed by atoms with Gasteiger partial charge in [-0.25, -0.2) is 4.39 Å². The van der Waals surface area contributed by atoms with E-state index in [0.717, 1.165) is 37.5 Å². The van der Waals surface area contributed by atoms with Crippen LogP contribution in [0.4, 0.5) is 4.39 Å². The number of rotatable bonds is 2. The topological polar surface area (TPSA) is 23.6 Å². The van der Waals surface area contributed by atoms with Crippen molar-refractivity contribution in [1.82, 2.24) is 9.80 Å². The molecule has 0 bridgehead atoms. The SMILES string of the molecule is O=C1c2ccc(F)cc2CN1C1CCN(C2CCCCC2)CC1. The Balaban J connectivity index is 1.39. The van der Waals surface area contributed by atoms with E-state index < -0.39 is 0 Å². The number of amides is 1. The van der Waals surface area contributed by atoms with Crippen LogP contribution in [0.15, 0.2) is 18.2 Å². The van der Waals surface area contributed by atoms with E-state index in [0.29, 0.717) is 18.2 Å². The van der Waals surface area contributed by atoms with Crippen molar-refractivity contribution in [2.75, 3.05) is 13.1 Å². The van der Waals surface area contributed by atoms with E-state index >= 15 is 0 Å². The first-order valence-corrected chi connectivity index (χ1v) is 9.06. The fourth-order valence-electron chi connectivity index (χ4n) is 4.62. The second kappa shape index (κ2) is 6.23. The summed E-state index contributed by atoms with van der Waals surface area (Å²) in [6.45, 7) is 2.79. The molecule has 2 fully saturated rings. The number of hydrogen-bond acceptors (Lipinski definition) is 2. The number of hydrogen-bond donors (Lipinski definition) is 0. The van der Waals surface area contributed by atoms with Gasteiger partial charge in [-0.2, -0.15) is 0 Å². The second-order valence-corrected chi connectivity index (χ2v) is 7.29.